The largest absolute Gasteiger partial charge is 0.354 e. The monoisotopic (exact) mass is 350 g/mol. The van der Waals surface area contributed by atoms with Crippen molar-refractivity contribution in [1.29, 1.82) is 0 Å². The lowest BCUT2D eigenvalue weighted by atomic mass is 10.2. The Morgan fingerprint density at radius 3 is 2.48 bits per heavy atom. The van der Waals surface area contributed by atoms with Crippen LogP contribution in [0.25, 0.3) is 0 Å². The van der Waals surface area contributed by atoms with Gasteiger partial charge < -0.3 is 15.1 Å². The van der Waals surface area contributed by atoms with Gasteiger partial charge in [-0.15, -0.1) is 0 Å². The molecule has 1 aromatic carbocycles. The number of hydrogen-bond donors (Lipinski definition) is 1. The van der Waals surface area contributed by atoms with Crippen LogP contribution in [0.2, 0.25) is 0 Å². The molecule has 2 heterocycles. The first-order valence-corrected chi connectivity index (χ1v) is 7.81. The number of likely N-dealkylation sites (N-methyl/N-ethyl adjacent to an activating group) is 1. The number of carbonyl (C=O) groups excluding carboxylic acids is 1. The Morgan fingerprint density at radius 1 is 1.04 bits per heavy atom. The molecule has 0 atom stereocenters. The molecule has 2 aromatic rings. The summed E-state index contributed by atoms with van der Waals surface area (Å²) in [5.41, 5.74) is -0.365. The van der Waals surface area contributed by atoms with Crippen LogP contribution in [0.3, 0.4) is 0 Å². The van der Waals surface area contributed by atoms with Crippen molar-refractivity contribution in [2.45, 2.75) is 0 Å². The number of pyridine rings is 1. The quantitative estimate of drug-likeness (QED) is 0.864. The van der Waals surface area contributed by atoms with Gasteiger partial charge in [0.15, 0.2) is 17.5 Å². The number of piperazine rings is 1. The summed E-state index contributed by atoms with van der Waals surface area (Å²) in [6, 6.07) is 6.67. The number of nitrogens with zero attached hydrogens (tertiary/aromatic N) is 3. The fourth-order valence-corrected chi connectivity index (χ4v) is 2.57. The first kappa shape index (κ1) is 17.2. The lowest BCUT2D eigenvalue weighted by molar-refractivity contribution is 0.102. The van der Waals surface area contributed by atoms with E-state index in [0.29, 0.717) is 5.82 Å². The van der Waals surface area contributed by atoms with Gasteiger partial charge in [0, 0.05) is 26.2 Å². The van der Waals surface area contributed by atoms with E-state index in [1.165, 1.54) is 6.07 Å². The summed E-state index contributed by atoms with van der Waals surface area (Å²) in [6.45, 7) is 3.34. The number of benzene rings is 1. The fraction of sp³-hybridized carbons (Fsp3) is 0.294. The normalized spacial score (nSPS) is 15.3. The summed E-state index contributed by atoms with van der Waals surface area (Å²) in [5, 5.41) is 2.22. The maximum Gasteiger partial charge on any atom is 0.274 e. The molecule has 25 heavy (non-hydrogen) atoms. The molecule has 1 aliphatic heterocycles. The topological polar surface area (TPSA) is 48.5 Å². The molecule has 132 valence electrons. The molecule has 1 N–H and O–H groups in total. The molecule has 0 bridgehead atoms. The first-order chi connectivity index (χ1) is 12.0. The van der Waals surface area contributed by atoms with Gasteiger partial charge in [0.2, 0.25) is 0 Å². The summed E-state index contributed by atoms with van der Waals surface area (Å²) in [7, 11) is 2.03. The third-order valence-electron chi connectivity index (χ3n) is 4.08. The van der Waals surface area contributed by atoms with Crippen molar-refractivity contribution >= 4 is 17.4 Å². The van der Waals surface area contributed by atoms with Gasteiger partial charge in [-0.1, -0.05) is 6.07 Å². The fourth-order valence-electron chi connectivity index (χ4n) is 2.57. The van der Waals surface area contributed by atoms with Crippen molar-refractivity contribution in [1.82, 2.24) is 9.88 Å². The Hall–Kier alpha value is -2.61. The molecule has 0 aliphatic carbocycles. The molecule has 1 aliphatic rings. The summed E-state index contributed by atoms with van der Waals surface area (Å²) in [4.78, 5) is 20.8. The van der Waals surface area contributed by atoms with Crippen LogP contribution in [0.5, 0.6) is 0 Å². The van der Waals surface area contributed by atoms with Crippen LogP contribution in [0.15, 0.2) is 30.3 Å². The van der Waals surface area contributed by atoms with E-state index in [-0.39, 0.29) is 5.69 Å². The minimum absolute atomic E-state index is 0.0700. The van der Waals surface area contributed by atoms with Gasteiger partial charge in [-0.25, -0.2) is 18.2 Å². The highest BCUT2D eigenvalue weighted by molar-refractivity contribution is 6.03. The number of anilines is 2. The summed E-state index contributed by atoms with van der Waals surface area (Å²) in [6.07, 6.45) is 0. The van der Waals surface area contributed by atoms with Gasteiger partial charge in [0.25, 0.3) is 5.91 Å². The van der Waals surface area contributed by atoms with E-state index in [0.717, 1.165) is 38.3 Å². The SMILES string of the molecule is CN1CCN(c2cccc(C(=O)Nc3ccc(F)c(F)c3F)n2)CC1. The van der Waals surface area contributed by atoms with E-state index < -0.39 is 29.0 Å². The zero-order valence-electron chi connectivity index (χ0n) is 13.6. The number of carbonyl (C=O) groups is 1. The highest BCUT2D eigenvalue weighted by atomic mass is 19.2. The number of hydrogen-bond acceptors (Lipinski definition) is 4. The molecule has 5 nitrogen and oxygen atoms in total. The number of aromatic nitrogens is 1. The van der Waals surface area contributed by atoms with E-state index in [4.69, 9.17) is 0 Å². The summed E-state index contributed by atoms with van der Waals surface area (Å²) in [5.74, 6) is -4.43. The Morgan fingerprint density at radius 2 is 1.76 bits per heavy atom. The van der Waals surface area contributed by atoms with Crippen molar-refractivity contribution in [3.05, 3.63) is 53.5 Å². The van der Waals surface area contributed by atoms with Gasteiger partial charge in [0.1, 0.15) is 11.5 Å². The minimum atomic E-state index is -1.63. The second kappa shape index (κ2) is 7.10. The van der Waals surface area contributed by atoms with Crippen molar-refractivity contribution < 1.29 is 18.0 Å². The molecule has 3 rings (SSSR count). The molecule has 1 saturated heterocycles. The zero-order chi connectivity index (χ0) is 18.0. The van der Waals surface area contributed by atoms with E-state index in [9.17, 15) is 18.0 Å². The molecule has 0 saturated carbocycles. The van der Waals surface area contributed by atoms with Gasteiger partial charge in [-0.05, 0) is 31.3 Å². The Labute approximate surface area is 143 Å². The molecular formula is C17H17F3N4O. The standard InChI is InChI=1S/C17H17F3N4O/c1-23-7-9-24(10-8-23)14-4-2-3-13(21-14)17(25)22-12-6-5-11(18)15(19)16(12)20/h2-6H,7-10H2,1H3,(H,22,25). The molecular weight excluding hydrogens is 333 g/mol. The van der Waals surface area contributed by atoms with E-state index in [2.05, 4.69) is 20.1 Å². The zero-order valence-corrected chi connectivity index (χ0v) is 13.6. The third-order valence-corrected chi connectivity index (χ3v) is 4.08. The van der Waals surface area contributed by atoms with Crippen molar-refractivity contribution in [2.75, 3.05) is 43.4 Å². The molecule has 1 fully saturated rings. The van der Waals surface area contributed by atoms with Crippen LogP contribution < -0.4 is 10.2 Å². The summed E-state index contributed by atoms with van der Waals surface area (Å²) >= 11 is 0. The van der Waals surface area contributed by atoms with Crippen LogP contribution >= 0.6 is 0 Å². The third kappa shape index (κ3) is 3.74. The number of halogens is 3. The van der Waals surface area contributed by atoms with Crippen LogP contribution in [-0.4, -0.2) is 49.0 Å². The lowest BCUT2D eigenvalue weighted by Gasteiger charge is -2.33. The number of rotatable bonds is 3. The van der Waals surface area contributed by atoms with Gasteiger partial charge in [-0.2, -0.15) is 0 Å². The molecule has 0 spiro atoms. The summed E-state index contributed by atoms with van der Waals surface area (Å²) < 4.78 is 39.9. The lowest BCUT2D eigenvalue weighted by Crippen LogP contribution is -2.44. The van der Waals surface area contributed by atoms with E-state index >= 15 is 0 Å². The second-order valence-corrected chi connectivity index (χ2v) is 5.85. The number of amides is 1. The molecule has 0 unspecified atom stereocenters. The Balaban J connectivity index is 1.77. The second-order valence-electron chi connectivity index (χ2n) is 5.85. The van der Waals surface area contributed by atoms with Gasteiger partial charge in [0.05, 0.1) is 5.69 Å². The smallest absolute Gasteiger partial charge is 0.274 e. The average Bonchev–Trinajstić information content (AvgIpc) is 2.63. The van der Waals surface area contributed by atoms with Crippen LogP contribution in [0.1, 0.15) is 10.5 Å². The molecule has 1 aromatic heterocycles. The highest BCUT2D eigenvalue weighted by Crippen LogP contribution is 2.21. The van der Waals surface area contributed by atoms with Crippen molar-refractivity contribution in [2.24, 2.45) is 0 Å². The maximum atomic E-state index is 13.7. The van der Waals surface area contributed by atoms with Gasteiger partial charge >= 0.3 is 0 Å². The predicted octanol–water partition coefficient (Wildman–Crippen LogP) is 2.50. The molecule has 8 heteroatoms. The first-order valence-electron chi connectivity index (χ1n) is 7.81. The maximum absolute atomic E-state index is 13.7. The predicted molar refractivity (Wildman–Crippen MR) is 88.2 cm³/mol. The number of nitrogens with one attached hydrogen (secondary N) is 1. The Kier molecular flexibility index (Phi) is 4.89. The molecule has 1 amide bonds. The molecule has 0 radical (unpaired) electrons. The van der Waals surface area contributed by atoms with Crippen molar-refractivity contribution in [3.8, 4) is 0 Å². The van der Waals surface area contributed by atoms with E-state index in [1.54, 1.807) is 12.1 Å². The Bertz CT molecular complexity index is 791. The highest BCUT2D eigenvalue weighted by Gasteiger charge is 2.19. The van der Waals surface area contributed by atoms with Crippen molar-refractivity contribution in [3.63, 3.8) is 0 Å². The van der Waals surface area contributed by atoms with Crippen LogP contribution in [0.4, 0.5) is 24.7 Å². The minimum Gasteiger partial charge on any atom is -0.354 e. The van der Waals surface area contributed by atoms with Crippen LogP contribution in [-0.2, 0) is 0 Å². The van der Waals surface area contributed by atoms with Crippen LogP contribution in [0, 0.1) is 17.5 Å². The van der Waals surface area contributed by atoms with E-state index in [1.807, 2.05) is 7.05 Å². The average molecular weight is 350 g/mol. The van der Waals surface area contributed by atoms with Gasteiger partial charge in [-0.3, -0.25) is 4.79 Å².